The van der Waals surface area contributed by atoms with Crippen LogP contribution in [0.3, 0.4) is 0 Å². The zero-order valence-electron chi connectivity index (χ0n) is 7.74. The minimum Gasteiger partial charge on any atom is -0.481 e. The predicted molar refractivity (Wildman–Crippen MR) is 46.6 cm³/mol. The first kappa shape index (κ1) is 8.29. The quantitative estimate of drug-likeness (QED) is 0.696. The molecule has 0 saturated carbocycles. The monoisotopic (exact) mass is 180 g/mol. The lowest BCUT2D eigenvalue weighted by Gasteiger charge is -2.07. The third kappa shape index (κ3) is 1.05. The van der Waals surface area contributed by atoms with Crippen molar-refractivity contribution in [3.05, 3.63) is 17.2 Å². The lowest BCUT2D eigenvalue weighted by Crippen LogP contribution is -2.12. The summed E-state index contributed by atoms with van der Waals surface area (Å²) in [6.45, 7) is 1.90. The van der Waals surface area contributed by atoms with Crippen molar-refractivity contribution in [3.63, 3.8) is 0 Å². The maximum atomic E-state index is 10.9. The van der Waals surface area contributed by atoms with Crippen molar-refractivity contribution < 1.29 is 9.90 Å². The van der Waals surface area contributed by atoms with Crippen molar-refractivity contribution in [3.8, 4) is 0 Å². The van der Waals surface area contributed by atoms with E-state index in [0.29, 0.717) is 6.42 Å². The van der Waals surface area contributed by atoms with Gasteiger partial charge in [0.05, 0.1) is 17.3 Å². The number of fused-ring (bicyclic) bond motifs is 1. The fraction of sp³-hybridized carbons (Fsp3) is 0.556. The van der Waals surface area contributed by atoms with E-state index in [1.54, 1.807) is 0 Å². The maximum Gasteiger partial charge on any atom is 0.312 e. The molecule has 0 amide bonds. The molecule has 2 rings (SSSR count). The van der Waals surface area contributed by atoms with Crippen LogP contribution in [0.1, 0.15) is 29.6 Å². The van der Waals surface area contributed by atoms with Gasteiger partial charge in [0.2, 0.25) is 0 Å². The first-order valence-electron chi connectivity index (χ1n) is 4.36. The van der Waals surface area contributed by atoms with E-state index >= 15 is 0 Å². The molecule has 4 nitrogen and oxygen atoms in total. The highest BCUT2D eigenvalue weighted by Crippen LogP contribution is 2.32. The van der Waals surface area contributed by atoms with Crippen LogP contribution in [0.15, 0.2) is 0 Å². The summed E-state index contributed by atoms with van der Waals surface area (Å²) in [6.07, 6.45) is 1.50. The second kappa shape index (κ2) is 2.58. The molecule has 1 atom stereocenters. The van der Waals surface area contributed by atoms with Crippen LogP contribution in [0.25, 0.3) is 0 Å². The lowest BCUT2D eigenvalue weighted by molar-refractivity contribution is -0.138. The Morgan fingerprint density at radius 2 is 2.38 bits per heavy atom. The molecule has 1 unspecified atom stereocenters. The summed E-state index contributed by atoms with van der Waals surface area (Å²) in [5, 5.41) is 8.95. The Morgan fingerprint density at radius 1 is 1.69 bits per heavy atom. The van der Waals surface area contributed by atoms with Crippen molar-refractivity contribution in [2.45, 2.75) is 25.7 Å². The fourth-order valence-corrected chi connectivity index (χ4v) is 1.97. The molecular formula is C9H12N2O2. The number of aliphatic carboxylic acids is 1. The third-order valence-corrected chi connectivity index (χ3v) is 2.74. The summed E-state index contributed by atoms with van der Waals surface area (Å²) in [4.78, 5) is 15.2. The first-order chi connectivity index (χ1) is 6.11. The summed E-state index contributed by atoms with van der Waals surface area (Å²) in [7, 11) is 1.88. The molecule has 13 heavy (non-hydrogen) atoms. The van der Waals surface area contributed by atoms with Crippen LogP contribution >= 0.6 is 0 Å². The van der Waals surface area contributed by atoms with Crippen LogP contribution in [0, 0.1) is 6.92 Å². The Bertz CT molecular complexity index is 368. The van der Waals surface area contributed by atoms with Gasteiger partial charge in [-0.3, -0.25) is 4.79 Å². The number of hydrogen-bond donors (Lipinski definition) is 1. The first-order valence-corrected chi connectivity index (χ1v) is 4.36. The molecule has 0 bridgehead atoms. The number of imidazole rings is 1. The van der Waals surface area contributed by atoms with Gasteiger partial charge in [-0.25, -0.2) is 4.98 Å². The second-order valence-electron chi connectivity index (χ2n) is 3.48. The van der Waals surface area contributed by atoms with Crippen LogP contribution in [-0.2, 0) is 18.3 Å². The van der Waals surface area contributed by atoms with E-state index < -0.39 is 5.97 Å². The topological polar surface area (TPSA) is 55.1 Å². The van der Waals surface area contributed by atoms with E-state index in [0.717, 1.165) is 23.6 Å². The maximum absolute atomic E-state index is 10.9. The van der Waals surface area contributed by atoms with Gasteiger partial charge < -0.3 is 9.67 Å². The second-order valence-corrected chi connectivity index (χ2v) is 3.48. The number of rotatable bonds is 1. The van der Waals surface area contributed by atoms with E-state index in [1.165, 1.54) is 0 Å². The van der Waals surface area contributed by atoms with Crippen LogP contribution in [0.5, 0.6) is 0 Å². The summed E-state index contributed by atoms with van der Waals surface area (Å²) in [5.41, 5.74) is 1.86. The van der Waals surface area contributed by atoms with Crippen molar-refractivity contribution in [2.24, 2.45) is 7.05 Å². The molecule has 0 aliphatic heterocycles. The highest BCUT2D eigenvalue weighted by atomic mass is 16.4. The predicted octanol–water partition coefficient (Wildman–Crippen LogP) is 0.843. The zero-order valence-corrected chi connectivity index (χ0v) is 7.74. The molecule has 0 radical (unpaired) electrons. The molecule has 0 fully saturated rings. The molecule has 1 aliphatic carbocycles. The average molecular weight is 180 g/mol. The van der Waals surface area contributed by atoms with Crippen LogP contribution in [0.2, 0.25) is 0 Å². The van der Waals surface area contributed by atoms with Gasteiger partial charge in [0, 0.05) is 7.05 Å². The largest absolute Gasteiger partial charge is 0.481 e. The van der Waals surface area contributed by atoms with Gasteiger partial charge in [0.15, 0.2) is 0 Å². The Kier molecular flexibility index (Phi) is 1.65. The summed E-state index contributed by atoms with van der Waals surface area (Å²) in [5.74, 6) is -0.182. The molecule has 1 aromatic rings. The van der Waals surface area contributed by atoms with E-state index in [4.69, 9.17) is 5.11 Å². The molecule has 1 heterocycles. The third-order valence-electron chi connectivity index (χ3n) is 2.74. The van der Waals surface area contributed by atoms with Gasteiger partial charge in [0.25, 0.3) is 0 Å². The Hall–Kier alpha value is -1.32. The highest BCUT2D eigenvalue weighted by molar-refractivity contribution is 5.76. The fourth-order valence-electron chi connectivity index (χ4n) is 1.97. The van der Waals surface area contributed by atoms with Crippen molar-refractivity contribution in [2.75, 3.05) is 0 Å². The molecular weight excluding hydrogens is 168 g/mol. The normalized spacial score (nSPS) is 20.3. The van der Waals surface area contributed by atoms with Crippen LogP contribution in [-0.4, -0.2) is 20.6 Å². The van der Waals surface area contributed by atoms with Gasteiger partial charge in [-0.05, 0) is 19.8 Å². The Labute approximate surface area is 76.2 Å². The number of nitrogens with zero attached hydrogens (tertiary/aromatic N) is 2. The molecule has 1 aromatic heterocycles. The minimum atomic E-state index is -0.734. The van der Waals surface area contributed by atoms with Crippen LogP contribution in [0.4, 0.5) is 0 Å². The smallest absolute Gasteiger partial charge is 0.312 e. The highest BCUT2D eigenvalue weighted by Gasteiger charge is 2.32. The number of hydrogen-bond acceptors (Lipinski definition) is 2. The van der Waals surface area contributed by atoms with Crippen molar-refractivity contribution >= 4 is 5.97 Å². The summed E-state index contributed by atoms with van der Waals surface area (Å²) < 4.78 is 1.89. The van der Waals surface area contributed by atoms with E-state index in [2.05, 4.69) is 4.98 Å². The molecule has 4 heteroatoms. The molecule has 0 saturated heterocycles. The zero-order chi connectivity index (χ0) is 9.59. The van der Waals surface area contributed by atoms with E-state index in [-0.39, 0.29) is 5.92 Å². The molecule has 1 N–H and O–H groups in total. The van der Waals surface area contributed by atoms with Crippen molar-refractivity contribution in [1.82, 2.24) is 9.55 Å². The SMILES string of the molecule is Cc1nc2c(n1C)C(C(=O)O)CC2. The molecule has 0 aromatic carbocycles. The number of carboxylic acids is 1. The summed E-state index contributed by atoms with van der Waals surface area (Å²) in [6, 6.07) is 0. The van der Waals surface area contributed by atoms with E-state index in [9.17, 15) is 4.79 Å². The number of carbonyl (C=O) groups is 1. The Balaban J connectivity index is 2.51. The van der Waals surface area contributed by atoms with Gasteiger partial charge >= 0.3 is 5.97 Å². The average Bonchev–Trinajstić information content (AvgIpc) is 2.55. The minimum absolute atomic E-state index is 0.346. The van der Waals surface area contributed by atoms with Gasteiger partial charge in [-0.2, -0.15) is 0 Å². The molecule has 1 aliphatic rings. The molecule has 70 valence electrons. The molecule has 0 spiro atoms. The number of aryl methyl sites for hydroxylation is 2. The van der Waals surface area contributed by atoms with Gasteiger partial charge in [0.1, 0.15) is 5.82 Å². The van der Waals surface area contributed by atoms with E-state index in [1.807, 2.05) is 18.5 Å². The van der Waals surface area contributed by atoms with Crippen molar-refractivity contribution in [1.29, 1.82) is 0 Å². The lowest BCUT2D eigenvalue weighted by atomic mass is 10.1. The number of carboxylic acid groups (broad SMARTS) is 1. The van der Waals surface area contributed by atoms with Gasteiger partial charge in [-0.15, -0.1) is 0 Å². The van der Waals surface area contributed by atoms with Crippen LogP contribution < -0.4 is 0 Å². The summed E-state index contributed by atoms with van der Waals surface area (Å²) >= 11 is 0. The Morgan fingerprint density at radius 3 is 3.00 bits per heavy atom. The van der Waals surface area contributed by atoms with Gasteiger partial charge in [-0.1, -0.05) is 0 Å². The number of aromatic nitrogens is 2. The standard InChI is InChI=1S/C9H12N2O2/c1-5-10-7-4-3-6(9(12)13)8(7)11(5)2/h6H,3-4H2,1-2H3,(H,12,13).